The summed E-state index contributed by atoms with van der Waals surface area (Å²) in [4.78, 5) is 0. The van der Waals surface area contributed by atoms with Gasteiger partial charge in [-0.1, -0.05) is 84.5 Å². The Bertz CT molecular complexity index is 368. The standard InChI is InChI=1S/C19H40O4S/c1-3-5-7-12-16-19(24(21,22)23)17-13-10-8-9-11-15-18(20)14-6-4-2/h18-20H,3-17H2,1-2H3,(H,21,22,23). The van der Waals surface area contributed by atoms with Crippen LogP contribution >= 0.6 is 0 Å². The Hall–Kier alpha value is -0.130. The van der Waals surface area contributed by atoms with E-state index in [1.807, 2.05) is 0 Å². The number of rotatable bonds is 17. The first-order valence-electron chi connectivity index (χ1n) is 10.1. The second-order valence-electron chi connectivity index (χ2n) is 7.13. The maximum Gasteiger partial charge on any atom is 0.267 e. The number of aliphatic hydroxyl groups excluding tert-OH is 1. The molecule has 0 aromatic rings. The first-order valence-corrected chi connectivity index (χ1v) is 11.6. The Kier molecular flexibility index (Phi) is 15.1. The van der Waals surface area contributed by atoms with Crippen LogP contribution in [0.5, 0.6) is 0 Å². The van der Waals surface area contributed by atoms with Gasteiger partial charge in [-0.25, -0.2) is 0 Å². The number of hydrogen-bond acceptors (Lipinski definition) is 3. The predicted octanol–water partition coefficient (Wildman–Crippen LogP) is 5.50. The monoisotopic (exact) mass is 364 g/mol. The van der Waals surface area contributed by atoms with Crippen LogP contribution in [0.2, 0.25) is 0 Å². The molecular formula is C19H40O4S. The van der Waals surface area contributed by atoms with Crippen molar-refractivity contribution in [3.63, 3.8) is 0 Å². The van der Waals surface area contributed by atoms with E-state index in [0.717, 1.165) is 83.5 Å². The summed E-state index contributed by atoms with van der Waals surface area (Å²) < 4.78 is 32.3. The highest BCUT2D eigenvalue weighted by atomic mass is 32.2. The van der Waals surface area contributed by atoms with Crippen LogP contribution in [0.15, 0.2) is 0 Å². The van der Waals surface area contributed by atoms with Crippen molar-refractivity contribution in [1.82, 2.24) is 0 Å². The summed E-state index contributed by atoms with van der Waals surface area (Å²) in [5, 5.41) is 9.19. The lowest BCUT2D eigenvalue weighted by molar-refractivity contribution is 0.148. The van der Waals surface area contributed by atoms with Gasteiger partial charge >= 0.3 is 0 Å². The molecule has 0 heterocycles. The van der Waals surface area contributed by atoms with E-state index in [0.29, 0.717) is 12.8 Å². The molecule has 0 radical (unpaired) electrons. The van der Waals surface area contributed by atoms with E-state index in [4.69, 9.17) is 0 Å². The van der Waals surface area contributed by atoms with Crippen LogP contribution in [0.3, 0.4) is 0 Å². The Balaban J connectivity index is 3.73. The summed E-state index contributed by atoms with van der Waals surface area (Å²) in [5.74, 6) is 0. The molecule has 2 N–H and O–H groups in total. The number of hydrogen-bond donors (Lipinski definition) is 2. The summed E-state index contributed by atoms with van der Waals surface area (Å²) in [5.41, 5.74) is 0. The summed E-state index contributed by atoms with van der Waals surface area (Å²) in [6, 6.07) is 0. The lowest BCUT2D eigenvalue weighted by atomic mass is 10.0. The fourth-order valence-electron chi connectivity index (χ4n) is 3.11. The van der Waals surface area contributed by atoms with Crippen LogP contribution in [0, 0.1) is 0 Å². The van der Waals surface area contributed by atoms with Crippen LogP contribution in [0.1, 0.15) is 110 Å². The Labute approximate surface area is 150 Å². The maximum absolute atomic E-state index is 11.5. The quantitative estimate of drug-likeness (QED) is 0.264. The van der Waals surface area contributed by atoms with Crippen molar-refractivity contribution >= 4 is 10.1 Å². The summed E-state index contributed by atoms with van der Waals surface area (Å²) in [6.07, 6.45) is 14.3. The minimum absolute atomic E-state index is 0.156. The van der Waals surface area contributed by atoms with Crippen LogP contribution in [0.25, 0.3) is 0 Å². The van der Waals surface area contributed by atoms with Gasteiger partial charge in [0.05, 0.1) is 11.4 Å². The third kappa shape index (κ3) is 14.2. The van der Waals surface area contributed by atoms with Gasteiger partial charge in [0, 0.05) is 0 Å². The van der Waals surface area contributed by atoms with Crippen LogP contribution in [0.4, 0.5) is 0 Å². The van der Waals surface area contributed by atoms with Crippen molar-refractivity contribution in [2.24, 2.45) is 0 Å². The zero-order valence-corrected chi connectivity index (χ0v) is 16.7. The molecule has 5 heteroatoms. The van der Waals surface area contributed by atoms with Crippen LogP contribution in [-0.2, 0) is 10.1 Å². The highest BCUT2D eigenvalue weighted by Crippen LogP contribution is 2.19. The van der Waals surface area contributed by atoms with Crippen molar-refractivity contribution in [2.45, 2.75) is 122 Å². The van der Waals surface area contributed by atoms with Crippen LogP contribution < -0.4 is 0 Å². The van der Waals surface area contributed by atoms with Crippen molar-refractivity contribution in [1.29, 1.82) is 0 Å². The first kappa shape index (κ1) is 23.9. The second kappa shape index (κ2) is 15.2. The van der Waals surface area contributed by atoms with Gasteiger partial charge in [0.25, 0.3) is 10.1 Å². The van der Waals surface area contributed by atoms with E-state index in [1.54, 1.807) is 0 Å². The van der Waals surface area contributed by atoms with Gasteiger partial charge in [-0.2, -0.15) is 8.42 Å². The molecule has 0 saturated heterocycles. The van der Waals surface area contributed by atoms with Gasteiger partial charge in [-0.3, -0.25) is 4.55 Å². The topological polar surface area (TPSA) is 74.6 Å². The van der Waals surface area contributed by atoms with Gasteiger partial charge < -0.3 is 5.11 Å². The molecule has 2 atom stereocenters. The molecule has 0 saturated carbocycles. The zero-order valence-electron chi connectivity index (χ0n) is 15.9. The van der Waals surface area contributed by atoms with Gasteiger partial charge in [-0.15, -0.1) is 0 Å². The average molecular weight is 365 g/mol. The lowest BCUT2D eigenvalue weighted by Crippen LogP contribution is -2.20. The minimum Gasteiger partial charge on any atom is -0.393 e. The zero-order chi connectivity index (χ0) is 18.3. The molecule has 4 nitrogen and oxygen atoms in total. The van der Waals surface area contributed by atoms with Gasteiger partial charge in [0.2, 0.25) is 0 Å². The van der Waals surface area contributed by atoms with E-state index < -0.39 is 15.4 Å². The number of aliphatic hydroxyl groups is 1. The van der Waals surface area contributed by atoms with Crippen molar-refractivity contribution in [3.8, 4) is 0 Å². The fourth-order valence-corrected chi connectivity index (χ4v) is 4.04. The third-order valence-corrected chi connectivity index (χ3v) is 6.07. The van der Waals surface area contributed by atoms with E-state index in [9.17, 15) is 18.1 Å². The van der Waals surface area contributed by atoms with Crippen molar-refractivity contribution < 1.29 is 18.1 Å². The van der Waals surface area contributed by atoms with Crippen molar-refractivity contribution in [2.75, 3.05) is 0 Å². The highest BCUT2D eigenvalue weighted by Gasteiger charge is 2.21. The molecule has 0 aliphatic rings. The molecule has 0 fully saturated rings. The molecule has 0 amide bonds. The highest BCUT2D eigenvalue weighted by molar-refractivity contribution is 7.86. The Morgan fingerprint density at radius 1 is 0.667 bits per heavy atom. The van der Waals surface area contributed by atoms with E-state index in [2.05, 4.69) is 13.8 Å². The fraction of sp³-hybridized carbons (Fsp3) is 1.00. The van der Waals surface area contributed by atoms with Gasteiger partial charge in [0.15, 0.2) is 0 Å². The molecule has 2 unspecified atom stereocenters. The van der Waals surface area contributed by atoms with Crippen molar-refractivity contribution in [3.05, 3.63) is 0 Å². The lowest BCUT2D eigenvalue weighted by Gasteiger charge is -2.14. The molecule has 0 aliphatic carbocycles. The molecule has 24 heavy (non-hydrogen) atoms. The summed E-state index contributed by atoms with van der Waals surface area (Å²) in [6.45, 7) is 4.26. The molecule has 0 rings (SSSR count). The Morgan fingerprint density at radius 3 is 1.58 bits per heavy atom. The molecule has 0 aromatic carbocycles. The summed E-state index contributed by atoms with van der Waals surface area (Å²) in [7, 11) is -3.90. The first-order chi connectivity index (χ1) is 11.4. The number of unbranched alkanes of at least 4 members (excludes halogenated alkanes) is 8. The van der Waals surface area contributed by atoms with Gasteiger partial charge in [-0.05, 0) is 25.7 Å². The normalized spacial score (nSPS) is 14.7. The SMILES string of the molecule is CCCCCCC(CCCCCCCC(O)CCCC)S(=O)(=O)O. The van der Waals surface area contributed by atoms with E-state index >= 15 is 0 Å². The molecular weight excluding hydrogens is 324 g/mol. The molecule has 146 valence electrons. The third-order valence-electron chi connectivity index (χ3n) is 4.76. The molecule has 0 bridgehead atoms. The van der Waals surface area contributed by atoms with E-state index in [-0.39, 0.29) is 6.10 Å². The van der Waals surface area contributed by atoms with E-state index in [1.165, 1.54) is 0 Å². The van der Waals surface area contributed by atoms with Crippen LogP contribution in [-0.4, -0.2) is 29.4 Å². The molecule has 0 aromatic heterocycles. The smallest absolute Gasteiger partial charge is 0.267 e. The molecule has 0 spiro atoms. The largest absolute Gasteiger partial charge is 0.393 e. The Morgan fingerprint density at radius 2 is 1.08 bits per heavy atom. The average Bonchev–Trinajstić information content (AvgIpc) is 2.52. The second-order valence-corrected chi connectivity index (χ2v) is 8.82. The van der Waals surface area contributed by atoms with Gasteiger partial charge in [0.1, 0.15) is 0 Å². The molecule has 0 aliphatic heterocycles. The summed E-state index contributed by atoms with van der Waals surface area (Å²) >= 11 is 0. The predicted molar refractivity (Wildman–Crippen MR) is 102 cm³/mol. The maximum atomic E-state index is 11.5. The minimum atomic E-state index is -3.90.